The number of hydrogen-bond donors (Lipinski definition) is 2. The van der Waals surface area contributed by atoms with Crippen LogP contribution >= 0.6 is 23.2 Å². The molecule has 0 spiro atoms. The zero-order valence-electron chi connectivity index (χ0n) is 16.6. The average Bonchev–Trinajstić information content (AvgIpc) is 3.13. The van der Waals surface area contributed by atoms with Crippen LogP contribution < -0.4 is 10.0 Å². The molecule has 0 atom stereocenters. The molecule has 164 valence electrons. The zero-order chi connectivity index (χ0) is 22.4. The number of aryl methyl sites for hydroxylation is 2. The van der Waals surface area contributed by atoms with E-state index in [2.05, 4.69) is 20.2 Å². The van der Waals surface area contributed by atoms with Crippen molar-refractivity contribution in [2.75, 3.05) is 11.3 Å². The van der Waals surface area contributed by atoms with Crippen molar-refractivity contribution in [3.8, 4) is 0 Å². The summed E-state index contributed by atoms with van der Waals surface area (Å²) in [5.41, 5.74) is 1.12. The fourth-order valence-electron chi connectivity index (χ4n) is 2.71. The highest BCUT2D eigenvalue weighted by Crippen LogP contribution is 2.26. The quantitative estimate of drug-likeness (QED) is 0.448. The highest BCUT2D eigenvalue weighted by atomic mass is 35.5. The van der Waals surface area contributed by atoms with E-state index in [1.165, 1.54) is 18.2 Å². The predicted molar refractivity (Wildman–Crippen MR) is 118 cm³/mol. The van der Waals surface area contributed by atoms with Crippen molar-refractivity contribution in [2.45, 2.75) is 31.1 Å². The van der Waals surface area contributed by atoms with Crippen LogP contribution in [0.5, 0.6) is 0 Å². The Kier molecular flexibility index (Phi) is 7.53. The summed E-state index contributed by atoms with van der Waals surface area (Å²) in [6, 6.07) is 10.6. The summed E-state index contributed by atoms with van der Waals surface area (Å²) in [6.07, 6.45) is 1.46. The molecule has 1 aromatic heterocycles. The largest absolute Gasteiger partial charge is 0.356 e. The Morgan fingerprint density at radius 1 is 1.10 bits per heavy atom. The number of sulfonamides is 1. The molecule has 0 aliphatic carbocycles. The Morgan fingerprint density at radius 3 is 2.48 bits per heavy atom. The number of aromatic nitrogens is 2. The molecule has 11 heteroatoms. The van der Waals surface area contributed by atoms with E-state index in [9.17, 15) is 13.2 Å². The molecule has 2 N–H and O–H groups in total. The van der Waals surface area contributed by atoms with Gasteiger partial charge in [-0.15, -0.1) is 0 Å². The summed E-state index contributed by atoms with van der Waals surface area (Å²) in [6.45, 7) is 2.24. The van der Waals surface area contributed by atoms with Crippen molar-refractivity contribution in [2.24, 2.45) is 0 Å². The van der Waals surface area contributed by atoms with Gasteiger partial charge in [-0.05, 0) is 49.2 Å². The lowest BCUT2D eigenvalue weighted by Gasteiger charge is -2.10. The molecule has 1 heterocycles. The first-order chi connectivity index (χ1) is 14.7. The topological polar surface area (TPSA) is 114 Å². The lowest BCUT2D eigenvalue weighted by Crippen LogP contribution is -2.26. The molecule has 3 rings (SSSR count). The maximum Gasteiger partial charge on any atom is 0.261 e. The van der Waals surface area contributed by atoms with Gasteiger partial charge in [-0.25, -0.2) is 8.42 Å². The first-order valence-electron chi connectivity index (χ1n) is 9.35. The molecule has 0 radical (unpaired) electrons. The fraction of sp³-hybridized carbons (Fsp3) is 0.250. The second-order valence-electron chi connectivity index (χ2n) is 6.74. The Bertz CT molecular complexity index is 1160. The van der Waals surface area contributed by atoms with Gasteiger partial charge < -0.3 is 9.84 Å². The average molecular weight is 483 g/mol. The number of hydrogen-bond acceptors (Lipinski definition) is 6. The van der Waals surface area contributed by atoms with E-state index in [1.807, 2.05) is 0 Å². The van der Waals surface area contributed by atoms with E-state index >= 15 is 0 Å². The van der Waals surface area contributed by atoms with Crippen LogP contribution in [0.25, 0.3) is 0 Å². The number of carbonyl (C=O) groups excluding carboxylic acids is 1. The number of benzene rings is 2. The van der Waals surface area contributed by atoms with Gasteiger partial charge >= 0.3 is 0 Å². The van der Waals surface area contributed by atoms with Crippen LogP contribution in [0.2, 0.25) is 10.0 Å². The van der Waals surface area contributed by atoms with Crippen LogP contribution in [0.3, 0.4) is 0 Å². The number of amides is 1. The number of rotatable bonds is 9. The van der Waals surface area contributed by atoms with E-state index in [0.717, 1.165) is 5.56 Å². The van der Waals surface area contributed by atoms with Crippen LogP contribution in [0.15, 0.2) is 51.9 Å². The third-order valence-electron chi connectivity index (χ3n) is 4.23. The highest BCUT2D eigenvalue weighted by molar-refractivity contribution is 7.92. The minimum absolute atomic E-state index is 0.000967. The number of nitrogens with zero attached hydrogens (tertiary/aromatic N) is 2. The van der Waals surface area contributed by atoms with E-state index in [0.29, 0.717) is 36.8 Å². The second-order valence-corrected chi connectivity index (χ2v) is 9.24. The van der Waals surface area contributed by atoms with Crippen molar-refractivity contribution in [1.29, 1.82) is 0 Å². The van der Waals surface area contributed by atoms with Crippen LogP contribution in [-0.4, -0.2) is 31.0 Å². The summed E-state index contributed by atoms with van der Waals surface area (Å²) in [7, 11) is -3.81. The Labute approximate surface area is 190 Å². The molecule has 31 heavy (non-hydrogen) atoms. The van der Waals surface area contributed by atoms with Gasteiger partial charge in [0.15, 0.2) is 5.82 Å². The first-order valence-corrected chi connectivity index (χ1v) is 11.6. The van der Waals surface area contributed by atoms with Crippen LogP contribution in [0.1, 0.15) is 23.7 Å². The molecular formula is C20H20Cl2N4O4S. The van der Waals surface area contributed by atoms with Crippen LogP contribution in [-0.2, 0) is 27.7 Å². The molecule has 2 aromatic carbocycles. The van der Waals surface area contributed by atoms with E-state index in [4.69, 9.17) is 27.7 Å². The van der Waals surface area contributed by atoms with E-state index in [-0.39, 0.29) is 27.3 Å². The molecule has 0 aliphatic heterocycles. The van der Waals surface area contributed by atoms with Gasteiger partial charge in [0.05, 0.1) is 21.4 Å². The van der Waals surface area contributed by atoms with Gasteiger partial charge in [0.2, 0.25) is 11.8 Å². The first kappa shape index (κ1) is 23.1. The third-order valence-corrected chi connectivity index (χ3v) is 6.35. The smallest absolute Gasteiger partial charge is 0.261 e. The Balaban J connectivity index is 1.48. The molecule has 0 saturated heterocycles. The molecule has 0 aliphatic rings. The van der Waals surface area contributed by atoms with Crippen LogP contribution in [0.4, 0.5) is 5.69 Å². The van der Waals surface area contributed by atoms with Crippen molar-refractivity contribution in [3.05, 3.63) is 69.8 Å². The van der Waals surface area contributed by atoms with Crippen molar-refractivity contribution in [3.63, 3.8) is 0 Å². The van der Waals surface area contributed by atoms with E-state index in [1.54, 1.807) is 31.2 Å². The molecule has 1 amide bonds. The zero-order valence-corrected chi connectivity index (χ0v) is 18.9. The van der Waals surface area contributed by atoms with Gasteiger partial charge in [0.25, 0.3) is 10.0 Å². The fourth-order valence-corrected chi connectivity index (χ4v) is 4.15. The molecule has 8 nitrogen and oxygen atoms in total. The summed E-state index contributed by atoms with van der Waals surface area (Å²) in [5.74, 6) is 0.998. The molecule has 3 aromatic rings. The molecule has 0 fully saturated rings. The minimum Gasteiger partial charge on any atom is -0.356 e. The summed E-state index contributed by atoms with van der Waals surface area (Å²) in [4.78, 5) is 16.2. The molecular weight excluding hydrogens is 463 g/mol. The molecule has 0 saturated carbocycles. The number of anilines is 1. The lowest BCUT2D eigenvalue weighted by atomic mass is 10.1. The number of carbonyl (C=O) groups is 1. The van der Waals surface area contributed by atoms with Gasteiger partial charge in [0.1, 0.15) is 0 Å². The van der Waals surface area contributed by atoms with Crippen molar-refractivity contribution in [1.82, 2.24) is 15.5 Å². The van der Waals surface area contributed by atoms with Gasteiger partial charge in [-0.1, -0.05) is 40.5 Å². The van der Waals surface area contributed by atoms with Crippen molar-refractivity contribution >= 4 is 44.8 Å². The molecule has 0 bridgehead atoms. The summed E-state index contributed by atoms with van der Waals surface area (Å²) in [5, 5.41) is 6.96. The van der Waals surface area contributed by atoms with E-state index < -0.39 is 10.0 Å². The molecule has 0 unspecified atom stereocenters. The van der Waals surface area contributed by atoms with Gasteiger partial charge in [0, 0.05) is 18.7 Å². The third kappa shape index (κ3) is 6.68. The Hall–Kier alpha value is -2.62. The summed E-state index contributed by atoms with van der Waals surface area (Å²) < 4.78 is 32.5. The predicted octanol–water partition coefficient (Wildman–Crippen LogP) is 3.78. The highest BCUT2D eigenvalue weighted by Gasteiger charge is 2.16. The SMILES string of the molecule is Cc1noc(CCCNC(=O)Cc2ccc(NS(=O)(=O)c3ccc(Cl)c(Cl)c3)cc2)n1. The normalized spacial score (nSPS) is 11.3. The number of halogens is 2. The standard InChI is InChI=1S/C20H20Cl2N4O4S/c1-13-24-20(30-25-13)3-2-10-23-19(27)11-14-4-6-15(7-5-14)26-31(28,29)16-8-9-17(21)18(22)12-16/h4-9,12,26H,2-3,10-11H2,1H3,(H,23,27). The van der Waals surface area contributed by atoms with Crippen LogP contribution in [0, 0.1) is 6.92 Å². The van der Waals surface area contributed by atoms with Gasteiger partial charge in [-0.3, -0.25) is 9.52 Å². The minimum atomic E-state index is -3.81. The maximum absolute atomic E-state index is 12.5. The summed E-state index contributed by atoms with van der Waals surface area (Å²) >= 11 is 11.7. The second kappa shape index (κ2) is 10.1. The van der Waals surface area contributed by atoms with Crippen molar-refractivity contribution < 1.29 is 17.7 Å². The monoisotopic (exact) mass is 482 g/mol. The maximum atomic E-state index is 12.5. The number of nitrogens with one attached hydrogen (secondary N) is 2. The van der Waals surface area contributed by atoms with Gasteiger partial charge in [-0.2, -0.15) is 4.98 Å². The Morgan fingerprint density at radius 2 is 1.84 bits per heavy atom. The lowest BCUT2D eigenvalue weighted by molar-refractivity contribution is -0.120.